The number of hydrogen-bond donors (Lipinski definition) is 2. The molecule has 1 aliphatic heterocycles. The summed E-state index contributed by atoms with van der Waals surface area (Å²) in [5.74, 6) is 0.648. The van der Waals surface area contributed by atoms with Gasteiger partial charge in [0.25, 0.3) is 0 Å². The summed E-state index contributed by atoms with van der Waals surface area (Å²) in [7, 11) is 0. The number of ether oxygens (including phenoxy) is 1. The second kappa shape index (κ2) is 5.81. The van der Waals surface area contributed by atoms with Crippen LogP contribution in [0.2, 0.25) is 5.02 Å². The third kappa shape index (κ3) is 2.94. The molecule has 0 bridgehead atoms. The van der Waals surface area contributed by atoms with Crippen LogP contribution >= 0.6 is 11.6 Å². The number of hydrogen-bond acceptors (Lipinski definition) is 3. The maximum Gasteiger partial charge on any atom is 0.249 e. The number of rotatable bonds is 3. The van der Waals surface area contributed by atoms with Crippen molar-refractivity contribution < 1.29 is 9.53 Å². The summed E-state index contributed by atoms with van der Waals surface area (Å²) in [6.07, 6.45) is 2.55. The largest absolute Gasteiger partial charge is 0.368 e. The Hall–Kier alpha value is -1.59. The van der Waals surface area contributed by atoms with Gasteiger partial charge >= 0.3 is 0 Å². The molecular weight excluding hydrogens is 278 g/mol. The highest BCUT2D eigenvalue weighted by Gasteiger charge is 2.21. The van der Waals surface area contributed by atoms with Crippen molar-refractivity contribution in [3.8, 4) is 0 Å². The highest BCUT2D eigenvalue weighted by atomic mass is 35.5. The van der Waals surface area contributed by atoms with Gasteiger partial charge in [-0.2, -0.15) is 0 Å². The Morgan fingerprint density at radius 2 is 2.40 bits per heavy atom. The number of imidazole rings is 1. The highest BCUT2D eigenvalue weighted by molar-refractivity contribution is 6.31. The van der Waals surface area contributed by atoms with E-state index in [2.05, 4.69) is 15.3 Å². The lowest BCUT2D eigenvalue weighted by Crippen LogP contribution is -2.38. The molecule has 0 saturated carbocycles. The van der Waals surface area contributed by atoms with Gasteiger partial charge in [0.15, 0.2) is 0 Å². The first-order valence-electron chi connectivity index (χ1n) is 6.76. The number of benzene rings is 1. The predicted octanol–water partition coefficient (Wildman–Crippen LogP) is 2.40. The van der Waals surface area contributed by atoms with Gasteiger partial charge in [0.05, 0.1) is 17.6 Å². The fraction of sp³-hybridized carbons (Fsp3) is 0.429. The zero-order chi connectivity index (χ0) is 13.9. The van der Waals surface area contributed by atoms with E-state index in [1.165, 1.54) is 0 Å². The Bertz CT molecular complexity index is 620. The molecule has 1 atom stereocenters. The minimum atomic E-state index is -0.317. The number of nitrogens with zero attached hydrogens (tertiary/aromatic N) is 1. The number of aromatic amines is 1. The second-order valence-electron chi connectivity index (χ2n) is 4.92. The Morgan fingerprint density at radius 1 is 1.50 bits per heavy atom. The lowest BCUT2D eigenvalue weighted by atomic mass is 10.1. The molecule has 2 aromatic rings. The molecular formula is C14H16ClN3O2. The van der Waals surface area contributed by atoms with E-state index in [4.69, 9.17) is 16.3 Å². The van der Waals surface area contributed by atoms with Gasteiger partial charge in [-0.05, 0) is 37.5 Å². The van der Waals surface area contributed by atoms with E-state index in [1.54, 1.807) is 6.07 Å². The Kier molecular flexibility index (Phi) is 3.89. The fourth-order valence-electron chi connectivity index (χ4n) is 2.35. The molecule has 20 heavy (non-hydrogen) atoms. The van der Waals surface area contributed by atoms with Crippen LogP contribution in [0.5, 0.6) is 0 Å². The zero-order valence-corrected chi connectivity index (χ0v) is 11.7. The van der Waals surface area contributed by atoms with Gasteiger partial charge in [-0.15, -0.1) is 0 Å². The van der Waals surface area contributed by atoms with Gasteiger partial charge in [-0.3, -0.25) is 4.79 Å². The number of halogens is 1. The Balaban J connectivity index is 1.63. The monoisotopic (exact) mass is 293 g/mol. The van der Waals surface area contributed by atoms with Crippen LogP contribution < -0.4 is 5.32 Å². The molecule has 3 rings (SSSR count). The molecule has 1 aromatic heterocycles. The summed E-state index contributed by atoms with van der Waals surface area (Å²) in [5, 5.41) is 3.51. The summed E-state index contributed by atoms with van der Waals surface area (Å²) in [4.78, 5) is 19.5. The van der Waals surface area contributed by atoms with E-state index in [-0.39, 0.29) is 12.0 Å². The molecule has 0 aliphatic carbocycles. The van der Waals surface area contributed by atoms with Crippen molar-refractivity contribution in [1.29, 1.82) is 0 Å². The number of H-pyrrole nitrogens is 1. The number of amides is 1. The topological polar surface area (TPSA) is 67.0 Å². The number of carbonyl (C=O) groups excluding carboxylic acids is 1. The molecule has 0 spiro atoms. The molecule has 1 aromatic carbocycles. The minimum Gasteiger partial charge on any atom is -0.368 e. The zero-order valence-electron chi connectivity index (χ0n) is 11.0. The highest BCUT2D eigenvalue weighted by Crippen LogP contribution is 2.17. The number of aromatic nitrogens is 2. The van der Waals surface area contributed by atoms with Crippen LogP contribution in [0.15, 0.2) is 18.2 Å². The van der Waals surface area contributed by atoms with Crippen molar-refractivity contribution in [3.05, 3.63) is 29.0 Å². The molecule has 6 heteroatoms. The molecule has 1 aliphatic rings. The molecule has 2 heterocycles. The number of nitrogens with one attached hydrogen (secondary N) is 2. The van der Waals surface area contributed by atoms with Crippen molar-refractivity contribution in [2.24, 2.45) is 0 Å². The molecule has 1 fully saturated rings. The van der Waals surface area contributed by atoms with Gasteiger partial charge in [0, 0.05) is 11.6 Å². The molecule has 1 unspecified atom stereocenters. The van der Waals surface area contributed by atoms with E-state index in [1.807, 2.05) is 12.1 Å². The smallest absolute Gasteiger partial charge is 0.249 e. The summed E-state index contributed by atoms with van der Waals surface area (Å²) in [6.45, 7) is 1.03. The van der Waals surface area contributed by atoms with E-state index < -0.39 is 0 Å². The fourth-order valence-corrected chi connectivity index (χ4v) is 2.52. The van der Waals surface area contributed by atoms with Crippen LogP contribution in [0.3, 0.4) is 0 Å². The maximum absolute atomic E-state index is 11.9. The predicted molar refractivity (Wildman–Crippen MR) is 76.5 cm³/mol. The van der Waals surface area contributed by atoms with Crippen LogP contribution in [0.4, 0.5) is 0 Å². The molecule has 0 radical (unpaired) electrons. The maximum atomic E-state index is 11.9. The summed E-state index contributed by atoms with van der Waals surface area (Å²) in [5.41, 5.74) is 1.71. The Morgan fingerprint density at radius 3 is 3.20 bits per heavy atom. The average Bonchev–Trinajstić information content (AvgIpc) is 2.87. The van der Waals surface area contributed by atoms with E-state index in [0.29, 0.717) is 24.0 Å². The first kappa shape index (κ1) is 13.4. The van der Waals surface area contributed by atoms with Crippen LogP contribution in [0.25, 0.3) is 11.0 Å². The molecule has 1 amide bonds. The third-order valence-corrected chi connectivity index (χ3v) is 3.63. The second-order valence-corrected chi connectivity index (χ2v) is 5.35. The lowest BCUT2D eigenvalue weighted by molar-refractivity contribution is -0.135. The SMILES string of the molecule is O=C(NCc1nc2ccc(Cl)cc2[nH]1)C1CCCCO1. The average molecular weight is 294 g/mol. The quantitative estimate of drug-likeness (QED) is 0.913. The van der Waals surface area contributed by atoms with E-state index >= 15 is 0 Å². The molecule has 5 nitrogen and oxygen atoms in total. The van der Waals surface area contributed by atoms with E-state index in [9.17, 15) is 4.79 Å². The number of fused-ring (bicyclic) bond motifs is 1. The minimum absolute atomic E-state index is 0.0665. The van der Waals surface area contributed by atoms with Crippen molar-refractivity contribution in [2.45, 2.75) is 31.9 Å². The van der Waals surface area contributed by atoms with Crippen LogP contribution in [-0.4, -0.2) is 28.6 Å². The normalized spacial score (nSPS) is 19.1. The van der Waals surface area contributed by atoms with Crippen molar-refractivity contribution in [2.75, 3.05) is 6.61 Å². The van der Waals surface area contributed by atoms with Gasteiger partial charge < -0.3 is 15.0 Å². The summed E-state index contributed by atoms with van der Waals surface area (Å²) in [6, 6.07) is 5.46. The van der Waals surface area contributed by atoms with Crippen molar-refractivity contribution in [3.63, 3.8) is 0 Å². The van der Waals surface area contributed by atoms with Crippen LogP contribution in [-0.2, 0) is 16.1 Å². The van der Waals surface area contributed by atoms with Gasteiger partial charge in [-0.1, -0.05) is 11.6 Å². The van der Waals surface area contributed by atoms with Crippen LogP contribution in [0, 0.1) is 0 Å². The van der Waals surface area contributed by atoms with Crippen molar-refractivity contribution in [1.82, 2.24) is 15.3 Å². The third-order valence-electron chi connectivity index (χ3n) is 3.40. The first-order chi connectivity index (χ1) is 9.72. The first-order valence-corrected chi connectivity index (χ1v) is 7.13. The standard InChI is InChI=1S/C14H16ClN3O2/c15-9-4-5-10-11(7-9)18-13(17-10)8-16-14(19)12-3-1-2-6-20-12/h4-5,7,12H,1-3,6,8H2,(H,16,19)(H,17,18). The number of carbonyl (C=O) groups is 1. The molecule has 2 N–H and O–H groups in total. The van der Waals surface area contributed by atoms with Gasteiger partial charge in [-0.25, -0.2) is 4.98 Å². The molecule has 1 saturated heterocycles. The molecule has 106 valence electrons. The summed E-state index contributed by atoms with van der Waals surface area (Å²) < 4.78 is 5.44. The van der Waals surface area contributed by atoms with Gasteiger partial charge in [0.1, 0.15) is 11.9 Å². The summed E-state index contributed by atoms with van der Waals surface area (Å²) >= 11 is 5.92. The lowest BCUT2D eigenvalue weighted by Gasteiger charge is -2.21. The Labute approximate surface area is 121 Å². The van der Waals surface area contributed by atoms with Crippen molar-refractivity contribution >= 4 is 28.5 Å². The van der Waals surface area contributed by atoms with Gasteiger partial charge in [0.2, 0.25) is 5.91 Å². The van der Waals surface area contributed by atoms with E-state index in [0.717, 1.165) is 30.3 Å². The van der Waals surface area contributed by atoms with Crippen LogP contribution in [0.1, 0.15) is 25.1 Å².